The van der Waals surface area contributed by atoms with Crippen molar-refractivity contribution in [2.24, 2.45) is 0 Å². The molecule has 4 rings (SSSR count). The largest absolute Gasteiger partial charge is 0.321 e. The molecule has 0 aliphatic heterocycles. The number of hydrogen-bond donors (Lipinski definition) is 2. The zero-order valence-corrected chi connectivity index (χ0v) is 17.1. The highest BCUT2D eigenvalue weighted by atomic mass is 32.2. The van der Waals surface area contributed by atoms with Gasteiger partial charge in [-0.1, -0.05) is 60.2 Å². The number of amides is 1. The van der Waals surface area contributed by atoms with E-state index in [2.05, 4.69) is 10.0 Å². The molecule has 0 fully saturated rings. The molecule has 0 aliphatic carbocycles. The van der Waals surface area contributed by atoms with Gasteiger partial charge in [0, 0.05) is 22.3 Å². The SMILES string of the molecule is Cc1ccc(NS(=O)(=O)c2cccc(C(=O)Nc3cccc4ccccc34)c2)cc1. The summed E-state index contributed by atoms with van der Waals surface area (Å²) < 4.78 is 28.0. The van der Waals surface area contributed by atoms with E-state index >= 15 is 0 Å². The molecule has 0 heterocycles. The summed E-state index contributed by atoms with van der Waals surface area (Å²) >= 11 is 0. The van der Waals surface area contributed by atoms with Gasteiger partial charge < -0.3 is 5.32 Å². The first-order valence-corrected chi connectivity index (χ1v) is 10.9. The Morgan fingerprint density at radius 1 is 0.800 bits per heavy atom. The van der Waals surface area contributed by atoms with Crippen molar-refractivity contribution in [1.29, 1.82) is 0 Å². The lowest BCUT2D eigenvalue weighted by Gasteiger charge is -2.11. The van der Waals surface area contributed by atoms with Crippen molar-refractivity contribution in [3.05, 3.63) is 102 Å². The zero-order chi connectivity index (χ0) is 21.1. The van der Waals surface area contributed by atoms with Gasteiger partial charge in [-0.25, -0.2) is 8.42 Å². The molecule has 1 amide bonds. The number of carbonyl (C=O) groups excluding carboxylic acids is 1. The minimum Gasteiger partial charge on any atom is -0.321 e. The summed E-state index contributed by atoms with van der Waals surface area (Å²) in [5.74, 6) is -0.376. The van der Waals surface area contributed by atoms with Gasteiger partial charge in [0.1, 0.15) is 0 Å². The van der Waals surface area contributed by atoms with Crippen LogP contribution in [0.3, 0.4) is 0 Å². The van der Waals surface area contributed by atoms with Gasteiger partial charge in [0.15, 0.2) is 0 Å². The summed E-state index contributed by atoms with van der Waals surface area (Å²) in [4.78, 5) is 12.8. The molecule has 0 atom stereocenters. The van der Waals surface area contributed by atoms with Gasteiger partial charge in [-0.3, -0.25) is 9.52 Å². The molecule has 0 spiro atoms. The summed E-state index contributed by atoms with van der Waals surface area (Å²) in [5.41, 5.74) is 2.43. The van der Waals surface area contributed by atoms with Crippen LogP contribution in [0.2, 0.25) is 0 Å². The molecule has 6 heteroatoms. The minimum atomic E-state index is -3.82. The molecule has 0 radical (unpaired) electrons. The third-order valence-electron chi connectivity index (χ3n) is 4.75. The quantitative estimate of drug-likeness (QED) is 0.469. The molecule has 0 saturated carbocycles. The Labute approximate surface area is 175 Å². The molecular weight excluding hydrogens is 396 g/mol. The van der Waals surface area contributed by atoms with Crippen LogP contribution in [0.15, 0.2) is 95.9 Å². The van der Waals surface area contributed by atoms with Crippen molar-refractivity contribution >= 4 is 38.1 Å². The first-order valence-electron chi connectivity index (χ1n) is 9.41. The van der Waals surface area contributed by atoms with E-state index in [0.29, 0.717) is 11.4 Å². The predicted octanol–water partition coefficient (Wildman–Crippen LogP) is 5.20. The van der Waals surface area contributed by atoms with E-state index in [0.717, 1.165) is 16.3 Å². The van der Waals surface area contributed by atoms with Gasteiger partial charge in [0.25, 0.3) is 15.9 Å². The number of benzene rings is 4. The van der Waals surface area contributed by atoms with Gasteiger partial charge in [0.2, 0.25) is 0 Å². The summed E-state index contributed by atoms with van der Waals surface area (Å²) in [7, 11) is -3.82. The van der Waals surface area contributed by atoms with Crippen molar-refractivity contribution in [2.45, 2.75) is 11.8 Å². The lowest BCUT2D eigenvalue weighted by atomic mass is 10.1. The van der Waals surface area contributed by atoms with Crippen molar-refractivity contribution in [2.75, 3.05) is 10.0 Å². The summed E-state index contributed by atoms with van der Waals surface area (Å²) in [6.45, 7) is 1.93. The van der Waals surface area contributed by atoms with Crippen LogP contribution in [0.4, 0.5) is 11.4 Å². The Morgan fingerprint density at radius 2 is 1.50 bits per heavy atom. The molecule has 0 aromatic heterocycles. The first-order chi connectivity index (χ1) is 14.4. The monoisotopic (exact) mass is 416 g/mol. The fourth-order valence-corrected chi connectivity index (χ4v) is 4.27. The lowest BCUT2D eigenvalue weighted by molar-refractivity contribution is 0.102. The van der Waals surface area contributed by atoms with E-state index in [1.54, 1.807) is 24.3 Å². The molecule has 4 aromatic carbocycles. The Bertz CT molecular complexity index is 1320. The highest BCUT2D eigenvalue weighted by Crippen LogP contribution is 2.24. The van der Waals surface area contributed by atoms with Gasteiger partial charge >= 0.3 is 0 Å². The fraction of sp³-hybridized carbons (Fsp3) is 0.0417. The fourth-order valence-electron chi connectivity index (χ4n) is 3.17. The van der Waals surface area contributed by atoms with Gasteiger partial charge in [-0.15, -0.1) is 0 Å². The topological polar surface area (TPSA) is 75.3 Å². The maximum absolute atomic E-state index is 12.8. The summed E-state index contributed by atoms with van der Waals surface area (Å²) in [6.07, 6.45) is 0. The number of sulfonamides is 1. The Hall–Kier alpha value is -3.64. The normalized spacial score (nSPS) is 11.2. The molecular formula is C24H20N2O3S. The van der Waals surface area contributed by atoms with E-state index in [9.17, 15) is 13.2 Å². The van der Waals surface area contributed by atoms with Crippen LogP contribution >= 0.6 is 0 Å². The first kappa shape index (κ1) is 19.7. The van der Waals surface area contributed by atoms with E-state index < -0.39 is 10.0 Å². The highest BCUT2D eigenvalue weighted by Gasteiger charge is 2.17. The van der Waals surface area contributed by atoms with E-state index in [1.807, 2.05) is 61.5 Å². The van der Waals surface area contributed by atoms with Crippen LogP contribution in [0.5, 0.6) is 0 Å². The summed E-state index contributed by atoms with van der Waals surface area (Å²) in [5, 5.41) is 4.80. The maximum Gasteiger partial charge on any atom is 0.261 e. The van der Waals surface area contributed by atoms with Crippen LogP contribution in [-0.2, 0) is 10.0 Å². The Morgan fingerprint density at radius 3 is 2.30 bits per heavy atom. The van der Waals surface area contributed by atoms with Crippen molar-refractivity contribution in [3.8, 4) is 0 Å². The molecule has 150 valence electrons. The van der Waals surface area contributed by atoms with Crippen LogP contribution in [-0.4, -0.2) is 14.3 Å². The number of carbonyl (C=O) groups is 1. The zero-order valence-electron chi connectivity index (χ0n) is 16.3. The number of aryl methyl sites for hydroxylation is 1. The number of hydrogen-bond acceptors (Lipinski definition) is 3. The number of fused-ring (bicyclic) bond motifs is 1. The van der Waals surface area contributed by atoms with Crippen LogP contribution in [0.1, 0.15) is 15.9 Å². The third kappa shape index (κ3) is 4.18. The molecule has 0 aliphatic rings. The standard InChI is InChI=1S/C24H20N2O3S/c1-17-12-14-20(15-13-17)26-30(28,29)21-9-4-8-19(16-21)24(27)25-23-11-5-7-18-6-2-3-10-22(18)23/h2-16,26H,1H3,(H,25,27). The minimum absolute atomic E-state index is 0.0219. The van der Waals surface area contributed by atoms with Crippen LogP contribution < -0.4 is 10.0 Å². The second-order valence-electron chi connectivity index (χ2n) is 6.98. The third-order valence-corrected chi connectivity index (χ3v) is 6.13. The van der Waals surface area contributed by atoms with Crippen LogP contribution in [0, 0.1) is 6.92 Å². The van der Waals surface area contributed by atoms with E-state index in [1.165, 1.54) is 12.1 Å². The van der Waals surface area contributed by atoms with Crippen molar-refractivity contribution < 1.29 is 13.2 Å². The second-order valence-corrected chi connectivity index (χ2v) is 8.66. The lowest BCUT2D eigenvalue weighted by Crippen LogP contribution is -2.16. The van der Waals surface area contributed by atoms with Crippen molar-refractivity contribution in [1.82, 2.24) is 0 Å². The van der Waals surface area contributed by atoms with Gasteiger partial charge in [-0.05, 0) is 48.7 Å². The molecule has 0 saturated heterocycles. The molecule has 0 unspecified atom stereocenters. The van der Waals surface area contributed by atoms with Crippen molar-refractivity contribution in [3.63, 3.8) is 0 Å². The summed E-state index contributed by atoms with van der Waals surface area (Å²) in [6, 6.07) is 26.4. The number of nitrogens with one attached hydrogen (secondary N) is 2. The Kier molecular flexibility index (Phi) is 5.25. The smallest absolute Gasteiger partial charge is 0.261 e. The predicted molar refractivity (Wildman–Crippen MR) is 120 cm³/mol. The number of anilines is 2. The van der Waals surface area contributed by atoms with E-state index in [-0.39, 0.29) is 16.4 Å². The van der Waals surface area contributed by atoms with Crippen LogP contribution in [0.25, 0.3) is 10.8 Å². The molecule has 0 bridgehead atoms. The average Bonchev–Trinajstić information content (AvgIpc) is 2.75. The number of rotatable bonds is 5. The Balaban J connectivity index is 1.59. The second kappa shape index (κ2) is 8.00. The molecule has 4 aromatic rings. The van der Waals surface area contributed by atoms with Gasteiger partial charge in [-0.2, -0.15) is 0 Å². The average molecular weight is 417 g/mol. The molecule has 5 nitrogen and oxygen atoms in total. The highest BCUT2D eigenvalue weighted by molar-refractivity contribution is 7.92. The maximum atomic E-state index is 12.8. The molecule has 30 heavy (non-hydrogen) atoms. The molecule has 2 N–H and O–H groups in total. The van der Waals surface area contributed by atoms with E-state index in [4.69, 9.17) is 0 Å². The van der Waals surface area contributed by atoms with Gasteiger partial charge in [0.05, 0.1) is 4.90 Å².